The van der Waals surface area contributed by atoms with E-state index in [2.05, 4.69) is 36.3 Å². The minimum Gasteiger partial charge on any atom is -0.339 e. The predicted molar refractivity (Wildman–Crippen MR) is 98.4 cm³/mol. The van der Waals surface area contributed by atoms with Gasteiger partial charge in [-0.25, -0.2) is 0 Å². The Morgan fingerprint density at radius 3 is 2.68 bits per heavy atom. The van der Waals surface area contributed by atoms with E-state index in [0.29, 0.717) is 16.6 Å². The molecule has 1 N–H and O–H groups in total. The number of amides is 2. The summed E-state index contributed by atoms with van der Waals surface area (Å²) in [6.07, 6.45) is 4.58. The number of aryl methyl sites for hydroxylation is 1. The van der Waals surface area contributed by atoms with Gasteiger partial charge >= 0.3 is 0 Å². The molecular formula is C18H28N4O2S. The summed E-state index contributed by atoms with van der Waals surface area (Å²) in [5.74, 6) is -0.0612. The molecule has 1 aromatic heterocycles. The molecule has 25 heavy (non-hydrogen) atoms. The second-order valence-corrected chi connectivity index (χ2v) is 9.70. The molecule has 0 radical (unpaired) electrons. The first-order chi connectivity index (χ1) is 11.7. The zero-order valence-electron chi connectivity index (χ0n) is 15.6. The maximum absolute atomic E-state index is 12.7. The Morgan fingerprint density at radius 1 is 1.24 bits per heavy atom. The Kier molecular flexibility index (Phi) is 4.88. The minimum absolute atomic E-state index is 0.105. The fourth-order valence-electron chi connectivity index (χ4n) is 4.74. The summed E-state index contributed by atoms with van der Waals surface area (Å²) in [5, 5.41) is 12.1. The average molecular weight is 365 g/mol. The SMILES string of the molecule is CCc1nnc(NC(=O)CCC(=O)N2C[C@@]3(C)C[C@@H]2CC(C)(C)C3)s1. The van der Waals surface area contributed by atoms with Crippen LogP contribution in [0.3, 0.4) is 0 Å². The highest BCUT2D eigenvalue weighted by atomic mass is 32.1. The number of anilines is 1. The van der Waals surface area contributed by atoms with Crippen LogP contribution in [-0.4, -0.2) is 39.5 Å². The molecule has 2 amide bonds. The van der Waals surface area contributed by atoms with Gasteiger partial charge in [-0.05, 0) is 36.5 Å². The Hall–Kier alpha value is -1.50. The maximum Gasteiger partial charge on any atom is 0.226 e. The third kappa shape index (κ3) is 4.19. The molecule has 7 heteroatoms. The Morgan fingerprint density at radius 2 is 2.00 bits per heavy atom. The molecule has 2 bridgehead atoms. The molecule has 6 nitrogen and oxygen atoms in total. The zero-order valence-corrected chi connectivity index (χ0v) is 16.4. The molecule has 1 aliphatic heterocycles. The topological polar surface area (TPSA) is 75.2 Å². The minimum atomic E-state index is -0.166. The third-order valence-electron chi connectivity index (χ3n) is 5.32. The molecule has 1 saturated carbocycles. The molecule has 1 saturated heterocycles. The van der Waals surface area contributed by atoms with Gasteiger partial charge in [-0.15, -0.1) is 10.2 Å². The molecule has 2 fully saturated rings. The highest BCUT2D eigenvalue weighted by molar-refractivity contribution is 7.15. The molecule has 2 aliphatic rings. The molecule has 0 unspecified atom stereocenters. The smallest absolute Gasteiger partial charge is 0.226 e. The fraction of sp³-hybridized carbons (Fsp3) is 0.778. The Balaban J connectivity index is 1.52. The lowest BCUT2D eigenvalue weighted by Gasteiger charge is -2.39. The van der Waals surface area contributed by atoms with E-state index in [0.717, 1.165) is 37.2 Å². The van der Waals surface area contributed by atoms with Crippen LogP contribution in [0.1, 0.15) is 64.8 Å². The first-order valence-corrected chi connectivity index (χ1v) is 9.93. The molecule has 0 spiro atoms. The van der Waals surface area contributed by atoms with Crippen LogP contribution in [0.4, 0.5) is 5.13 Å². The van der Waals surface area contributed by atoms with Gasteiger partial charge < -0.3 is 10.2 Å². The van der Waals surface area contributed by atoms with Gasteiger partial charge in [0.05, 0.1) is 0 Å². The van der Waals surface area contributed by atoms with Crippen molar-refractivity contribution in [2.75, 3.05) is 11.9 Å². The summed E-state index contributed by atoms with van der Waals surface area (Å²) in [6.45, 7) is 9.72. The van der Waals surface area contributed by atoms with E-state index in [1.54, 1.807) is 0 Å². The summed E-state index contributed by atoms with van der Waals surface area (Å²) in [7, 11) is 0. The number of aromatic nitrogens is 2. The largest absolute Gasteiger partial charge is 0.339 e. The van der Waals surface area contributed by atoms with Crippen LogP contribution in [-0.2, 0) is 16.0 Å². The Labute approximate surface area is 153 Å². The van der Waals surface area contributed by atoms with Crippen molar-refractivity contribution in [3.63, 3.8) is 0 Å². The zero-order chi connectivity index (χ0) is 18.2. The number of rotatable bonds is 5. The number of hydrogen-bond acceptors (Lipinski definition) is 5. The summed E-state index contributed by atoms with van der Waals surface area (Å²) < 4.78 is 0. The van der Waals surface area contributed by atoms with E-state index in [1.807, 2.05) is 11.8 Å². The normalized spacial score (nSPS) is 27.4. The molecule has 3 rings (SSSR count). The number of nitrogens with zero attached hydrogens (tertiary/aromatic N) is 3. The van der Waals surface area contributed by atoms with Gasteiger partial charge in [-0.3, -0.25) is 9.59 Å². The predicted octanol–water partition coefficient (Wildman–Crippen LogP) is 3.25. The lowest BCUT2D eigenvalue weighted by atomic mass is 9.65. The van der Waals surface area contributed by atoms with Gasteiger partial charge in [-0.2, -0.15) is 0 Å². The maximum atomic E-state index is 12.7. The van der Waals surface area contributed by atoms with E-state index in [1.165, 1.54) is 11.3 Å². The van der Waals surface area contributed by atoms with Gasteiger partial charge in [0, 0.05) is 25.4 Å². The highest BCUT2D eigenvalue weighted by Gasteiger charge is 2.50. The van der Waals surface area contributed by atoms with Gasteiger partial charge in [0.1, 0.15) is 5.01 Å². The molecule has 1 aromatic rings. The number of hydrogen-bond donors (Lipinski definition) is 1. The van der Waals surface area contributed by atoms with Crippen LogP contribution in [0.25, 0.3) is 0 Å². The number of carbonyl (C=O) groups is 2. The highest BCUT2D eigenvalue weighted by Crippen LogP contribution is 2.52. The van der Waals surface area contributed by atoms with E-state index in [-0.39, 0.29) is 30.1 Å². The van der Waals surface area contributed by atoms with E-state index in [4.69, 9.17) is 0 Å². The lowest BCUT2D eigenvalue weighted by Crippen LogP contribution is -2.38. The van der Waals surface area contributed by atoms with Crippen molar-refractivity contribution in [1.82, 2.24) is 15.1 Å². The van der Waals surface area contributed by atoms with Crippen molar-refractivity contribution in [1.29, 1.82) is 0 Å². The van der Waals surface area contributed by atoms with Crippen molar-refractivity contribution in [2.24, 2.45) is 10.8 Å². The number of likely N-dealkylation sites (tertiary alicyclic amines) is 1. The standard InChI is InChI=1S/C18H28N4O2S/c1-5-14-20-21-16(25-14)19-13(23)6-7-15(24)22-11-18(4)9-12(22)8-17(2,3)10-18/h12H,5-11H2,1-4H3,(H,19,21,23)/t12-,18-/m0/s1. The monoisotopic (exact) mass is 364 g/mol. The fourth-order valence-corrected chi connectivity index (χ4v) is 5.44. The second-order valence-electron chi connectivity index (χ2n) is 8.64. The molecular weight excluding hydrogens is 336 g/mol. The number of fused-ring (bicyclic) bond motifs is 2. The molecule has 2 heterocycles. The van der Waals surface area contributed by atoms with Gasteiger partial charge in [0.15, 0.2) is 0 Å². The van der Waals surface area contributed by atoms with Crippen molar-refractivity contribution in [2.45, 2.75) is 72.3 Å². The molecule has 0 aromatic carbocycles. The van der Waals surface area contributed by atoms with Crippen LogP contribution < -0.4 is 5.32 Å². The van der Waals surface area contributed by atoms with Crippen molar-refractivity contribution < 1.29 is 9.59 Å². The summed E-state index contributed by atoms with van der Waals surface area (Å²) in [4.78, 5) is 26.8. The summed E-state index contributed by atoms with van der Waals surface area (Å²) >= 11 is 1.38. The van der Waals surface area contributed by atoms with E-state index >= 15 is 0 Å². The van der Waals surface area contributed by atoms with Crippen LogP contribution in [0.15, 0.2) is 0 Å². The Bertz CT molecular complexity index is 672. The van der Waals surface area contributed by atoms with E-state index in [9.17, 15) is 9.59 Å². The van der Waals surface area contributed by atoms with Crippen LogP contribution in [0.5, 0.6) is 0 Å². The third-order valence-corrected chi connectivity index (χ3v) is 6.30. The van der Waals surface area contributed by atoms with Crippen molar-refractivity contribution in [3.8, 4) is 0 Å². The molecule has 138 valence electrons. The van der Waals surface area contributed by atoms with E-state index < -0.39 is 0 Å². The lowest BCUT2D eigenvalue weighted by molar-refractivity contribution is -0.133. The summed E-state index contributed by atoms with van der Waals surface area (Å²) in [6, 6.07) is 0.333. The average Bonchev–Trinajstić information content (AvgIpc) is 3.05. The first kappa shape index (κ1) is 18.3. The molecule has 1 aliphatic carbocycles. The number of carbonyl (C=O) groups excluding carboxylic acids is 2. The van der Waals surface area contributed by atoms with Gasteiger partial charge in [0.2, 0.25) is 16.9 Å². The van der Waals surface area contributed by atoms with Crippen molar-refractivity contribution in [3.05, 3.63) is 5.01 Å². The second kappa shape index (κ2) is 6.67. The number of nitrogens with one attached hydrogen (secondary N) is 1. The van der Waals surface area contributed by atoms with Gasteiger partial charge in [-0.1, -0.05) is 39.0 Å². The van der Waals surface area contributed by atoms with Crippen LogP contribution in [0, 0.1) is 10.8 Å². The summed E-state index contributed by atoms with van der Waals surface area (Å²) in [5.41, 5.74) is 0.520. The van der Waals surface area contributed by atoms with Crippen LogP contribution in [0.2, 0.25) is 0 Å². The van der Waals surface area contributed by atoms with Crippen LogP contribution >= 0.6 is 11.3 Å². The quantitative estimate of drug-likeness (QED) is 0.870. The molecule has 2 atom stereocenters. The van der Waals surface area contributed by atoms with Gasteiger partial charge in [0.25, 0.3) is 0 Å². The first-order valence-electron chi connectivity index (χ1n) is 9.11. The van der Waals surface area contributed by atoms with Crippen molar-refractivity contribution >= 4 is 28.3 Å².